The zero-order chi connectivity index (χ0) is 26.5. The van der Waals surface area contributed by atoms with Crippen molar-refractivity contribution < 1.29 is 29.0 Å². The summed E-state index contributed by atoms with van der Waals surface area (Å²) in [5.74, 6) is -4.65. The second-order valence-electron chi connectivity index (χ2n) is 11.1. The second-order valence-corrected chi connectivity index (χ2v) is 12.3. The Morgan fingerprint density at radius 2 is 1.72 bits per heavy atom. The maximum atomic E-state index is 13.7. The molecule has 1 saturated carbocycles. The van der Waals surface area contributed by atoms with Gasteiger partial charge in [0.25, 0.3) is 11.8 Å². The van der Waals surface area contributed by atoms with Crippen LogP contribution >= 0.6 is 23.2 Å². The van der Waals surface area contributed by atoms with Gasteiger partial charge in [-0.15, -0.1) is 23.2 Å². The lowest BCUT2D eigenvalue weighted by molar-refractivity contribution is -0.146. The molecule has 4 amide bonds. The molecule has 2 saturated heterocycles. The van der Waals surface area contributed by atoms with Gasteiger partial charge in [0.15, 0.2) is 9.75 Å². The van der Waals surface area contributed by atoms with Gasteiger partial charge in [0, 0.05) is 30.1 Å². The first-order chi connectivity index (χ1) is 16.7. The molecule has 2 aliphatic carbocycles. The van der Waals surface area contributed by atoms with Gasteiger partial charge >= 0.3 is 0 Å². The molecule has 0 bridgehead atoms. The highest BCUT2D eigenvalue weighted by atomic mass is 35.5. The Morgan fingerprint density at radius 3 is 2.31 bits per heavy atom. The van der Waals surface area contributed by atoms with Crippen LogP contribution in [-0.2, 0) is 19.2 Å². The molecule has 36 heavy (non-hydrogen) atoms. The lowest BCUT2D eigenvalue weighted by Gasteiger charge is -2.50. The number of aromatic hydroxyl groups is 1. The summed E-state index contributed by atoms with van der Waals surface area (Å²) < 4.78 is 5.21. The monoisotopic (exact) mass is 534 g/mol. The number of benzene rings is 1. The topological polar surface area (TPSA) is 104 Å². The molecule has 2 aliphatic heterocycles. The van der Waals surface area contributed by atoms with Gasteiger partial charge in [-0.3, -0.25) is 29.0 Å². The van der Waals surface area contributed by atoms with Crippen molar-refractivity contribution in [3.05, 3.63) is 35.4 Å². The largest absolute Gasteiger partial charge is 0.508 e. The van der Waals surface area contributed by atoms with Crippen molar-refractivity contribution in [2.75, 3.05) is 14.2 Å². The molecule has 1 N–H and O–H groups in total. The smallest absolute Gasteiger partial charge is 0.253 e. The molecule has 3 fully saturated rings. The Labute approximate surface area is 219 Å². The first-order valence-corrected chi connectivity index (χ1v) is 12.6. The Morgan fingerprint density at radius 1 is 1.06 bits per heavy atom. The first-order valence-electron chi connectivity index (χ1n) is 11.8. The molecule has 8 nitrogen and oxygen atoms in total. The molecule has 0 unspecified atom stereocenters. The molecular formula is C26H28Cl2N2O6. The first kappa shape index (κ1) is 25.1. The maximum Gasteiger partial charge on any atom is 0.253 e. The highest BCUT2D eigenvalue weighted by Gasteiger charge is 2.76. The Hall–Kier alpha value is -2.58. The van der Waals surface area contributed by atoms with E-state index in [1.807, 2.05) is 6.08 Å². The summed E-state index contributed by atoms with van der Waals surface area (Å²) in [7, 11) is 2.79. The van der Waals surface area contributed by atoms with Crippen LogP contribution in [0.2, 0.25) is 0 Å². The molecule has 1 aromatic carbocycles. The summed E-state index contributed by atoms with van der Waals surface area (Å²) in [4.78, 5) is 52.4. The average molecular weight is 535 g/mol. The van der Waals surface area contributed by atoms with E-state index in [1.165, 1.54) is 25.1 Å². The molecule has 4 aliphatic rings. The Bertz CT molecular complexity index is 1260. The Kier molecular flexibility index (Phi) is 5.37. The third-order valence-corrected chi connectivity index (χ3v) is 9.65. The number of methoxy groups -OCH3 is 1. The average Bonchev–Trinajstić information content (AvgIpc) is 3.14. The van der Waals surface area contributed by atoms with Crippen LogP contribution in [0.4, 0.5) is 0 Å². The van der Waals surface area contributed by atoms with E-state index in [2.05, 4.69) is 0 Å². The lowest BCUT2D eigenvalue weighted by atomic mass is 9.56. The summed E-state index contributed by atoms with van der Waals surface area (Å²) in [5.41, 5.74) is 0.213. The highest BCUT2D eigenvalue weighted by molar-refractivity contribution is 6.53. The van der Waals surface area contributed by atoms with E-state index < -0.39 is 50.8 Å². The van der Waals surface area contributed by atoms with Gasteiger partial charge in [-0.25, -0.2) is 0 Å². The number of phenolic OH excluding ortho intramolecular Hbond substituents is 1. The van der Waals surface area contributed by atoms with Crippen molar-refractivity contribution in [1.29, 1.82) is 0 Å². The Balaban J connectivity index is 1.73. The number of fused-ring (bicyclic) bond motifs is 4. The minimum absolute atomic E-state index is 0.0790. The van der Waals surface area contributed by atoms with Crippen LogP contribution in [0.1, 0.15) is 45.1 Å². The predicted molar refractivity (Wildman–Crippen MR) is 132 cm³/mol. The summed E-state index contributed by atoms with van der Waals surface area (Å²) in [5, 5.41) is 11.0. The summed E-state index contributed by atoms with van der Waals surface area (Å²) >= 11 is 14.2. The zero-order valence-corrected chi connectivity index (χ0v) is 22.2. The summed E-state index contributed by atoms with van der Waals surface area (Å²) in [6.45, 7) is 5.40. The highest BCUT2D eigenvalue weighted by Crippen LogP contribution is 2.66. The molecule has 192 valence electrons. The van der Waals surface area contributed by atoms with E-state index in [4.69, 9.17) is 27.9 Å². The van der Waals surface area contributed by atoms with E-state index in [-0.39, 0.29) is 30.4 Å². The molecule has 6 atom stereocenters. The third kappa shape index (κ3) is 2.94. The number of nitrogens with zero attached hydrogens (tertiary/aromatic N) is 2. The maximum absolute atomic E-state index is 13.7. The van der Waals surface area contributed by atoms with E-state index in [1.54, 1.807) is 32.9 Å². The van der Waals surface area contributed by atoms with Crippen LogP contribution in [-0.4, -0.2) is 68.0 Å². The number of amides is 4. The van der Waals surface area contributed by atoms with Gasteiger partial charge in [0.2, 0.25) is 11.8 Å². The predicted octanol–water partition coefficient (Wildman–Crippen LogP) is 3.19. The van der Waals surface area contributed by atoms with Crippen LogP contribution in [0, 0.1) is 17.8 Å². The van der Waals surface area contributed by atoms with Gasteiger partial charge in [-0.2, -0.15) is 0 Å². The quantitative estimate of drug-likeness (QED) is 0.355. The molecule has 2 heterocycles. The lowest BCUT2D eigenvalue weighted by Crippen LogP contribution is -2.60. The van der Waals surface area contributed by atoms with E-state index in [0.29, 0.717) is 16.9 Å². The molecule has 0 radical (unpaired) electrons. The van der Waals surface area contributed by atoms with Crippen molar-refractivity contribution in [1.82, 2.24) is 9.80 Å². The van der Waals surface area contributed by atoms with Gasteiger partial charge in [-0.1, -0.05) is 17.7 Å². The van der Waals surface area contributed by atoms with Crippen molar-refractivity contribution >= 4 is 46.8 Å². The minimum atomic E-state index is -1.93. The fourth-order valence-corrected chi connectivity index (χ4v) is 7.66. The van der Waals surface area contributed by atoms with E-state index in [0.717, 1.165) is 4.90 Å². The number of imide groups is 2. The fourth-order valence-electron chi connectivity index (χ4n) is 6.65. The number of ether oxygens (including phenoxy) is 1. The fraction of sp³-hybridized carbons (Fsp3) is 0.538. The SMILES string of the molecule is COc1ccc([C@H]2C3=CC[C@@H]4C(=O)N(C(C)(C)C)C(=O)[C@@H]4[C@@H]3C[C@@]3(Cl)C(=O)N(C)C(=O)[C@@]23Cl)c(O)c1. The second kappa shape index (κ2) is 7.71. The number of phenols is 1. The van der Waals surface area contributed by atoms with Crippen LogP contribution in [0.25, 0.3) is 0 Å². The third-order valence-electron chi connectivity index (χ3n) is 8.23. The number of hydrogen-bond donors (Lipinski definition) is 1. The molecule has 0 spiro atoms. The summed E-state index contributed by atoms with van der Waals surface area (Å²) in [6, 6.07) is 4.62. The summed E-state index contributed by atoms with van der Waals surface area (Å²) in [6.07, 6.45) is 2.04. The van der Waals surface area contributed by atoms with Crippen LogP contribution in [0.15, 0.2) is 29.8 Å². The number of alkyl halides is 2. The number of halogens is 2. The normalized spacial score (nSPS) is 36.0. The van der Waals surface area contributed by atoms with Crippen molar-refractivity contribution in [3.8, 4) is 11.5 Å². The van der Waals surface area contributed by atoms with E-state index >= 15 is 0 Å². The van der Waals surface area contributed by atoms with Crippen molar-refractivity contribution in [2.24, 2.45) is 17.8 Å². The number of carbonyl (C=O) groups excluding carboxylic acids is 4. The molecule has 0 aromatic heterocycles. The van der Waals surface area contributed by atoms with Gasteiger partial charge in [0.1, 0.15) is 11.5 Å². The molecule has 1 aromatic rings. The number of rotatable bonds is 2. The number of hydrogen-bond acceptors (Lipinski definition) is 6. The van der Waals surface area contributed by atoms with Gasteiger partial charge in [0.05, 0.1) is 18.9 Å². The minimum Gasteiger partial charge on any atom is -0.508 e. The molecular weight excluding hydrogens is 507 g/mol. The van der Waals surface area contributed by atoms with Gasteiger partial charge in [-0.05, 0) is 45.6 Å². The van der Waals surface area contributed by atoms with E-state index in [9.17, 15) is 24.3 Å². The van der Waals surface area contributed by atoms with Crippen LogP contribution < -0.4 is 4.74 Å². The number of allylic oxidation sites excluding steroid dienone is 2. The number of likely N-dealkylation sites (tertiary alicyclic amines) is 2. The molecule has 10 heteroatoms. The van der Waals surface area contributed by atoms with Crippen molar-refractivity contribution in [3.63, 3.8) is 0 Å². The van der Waals surface area contributed by atoms with Crippen molar-refractivity contribution in [2.45, 2.75) is 54.8 Å². The standard InChI is InChI=1S/C26H28Cl2N2O6/c1-24(2,3)30-20(32)15-9-8-13-16(18(15)21(30)33)11-25(27)22(34)29(4)23(35)26(25,28)19(13)14-7-6-12(36-5)10-17(14)31/h6-8,10,15-16,18-19,31H,9,11H2,1-5H3/t15-,16+,18-,19+,25+,26-/m0/s1. The van der Waals surface area contributed by atoms with Crippen LogP contribution in [0.5, 0.6) is 11.5 Å². The molecule has 5 rings (SSSR count). The van der Waals surface area contributed by atoms with Gasteiger partial charge < -0.3 is 9.84 Å². The zero-order valence-electron chi connectivity index (χ0n) is 20.7. The van der Waals surface area contributed by atoms with Crippen LogP contribution in [0.3, 0.4) is 0 Å². The number of carbonyl (C=O) groups is 4.